The molecule has 19 heavy (non-hydrogen) atoms. The Kier molecular flexibility index (Phi) is 3.31. The van der Waals surface area contributed by atoms with Crippen molar-refractivity contribution >= 4 is 12.0 Å². The number of rotatable bonds is 2. The fourth-order valence-corrected chi connectivity index (χ4v) is 3.63. The summed E-state index contributed by atoms with van der Waals surface area (Å²) in [5, 5.41) is 0. The van der Waals surface area contributed by atoms with Gasteiger partial charge in [-0.1, -0.05) is 0 Å². The van der Waals surface area contributed by atoms with E-state index in [9.17, 15) is 4.79 Å². The van der Waals surface area contributed by atoms with Crippen LogP contribution in [0.15, 0.2) is 18.2 Å². The molecule has 2 heterocycles. The Balaban J connectivity index is 1.84. The summed E-state index contributed by atoms with van der Waals surface area (Å²) in [6.45, 7) is 4.36. The molecule has 1 aromatic rings. The summed E-state index contributed by atoms with van der Waals surface area (Å²) in [6, 6.07) is 7.50. The largest absolute Gasteiger partial charge is 0.370 e. The van der Waals surface area contributed by atoms with Crippen molar-refractivity contribution in [2.75, 3.05) is 25.0 Å². The van der Waals surface area contributed by atoms with Gasteiger partial charge in [-0.25, -0.2) is 0 Å². The van der Waals surface area contributed by atoms with Gasteiger partial charge in [0.1, 0.15) is 6.29 Å². The van der Waals surface area contributed by atoms with Gasteiger partial charge >= 0.3 is 0 Å². The second kappa shape index (κ2) is 4.97. The topological polar surface area (TPSA) is 23.6 Å². The average molecular weight is 258 g/mol. The van der Waals surface area contributed by atoms with E-state index < -0.39 is 0 Å². The summed E-state index contributed by atoms with van der Waals surface area (Å²) in [5.74, 6) is 0. The van der Waals surface area contributed by atoms with Crippen LogP contribution >= 0.6 is 0 Å². The van der Waals surface area contributed by atoms with Crippen molar-refractivity contribution in [2.45, 2.75) is 38.3 Å². The first-order valence-corrected chi connectivity index (χ1v) is 7.22. The van der Waals surface area contributed by atoms with Crippen LogP contribution in [0.2, 0.25) is 0 Å². The van der Waals surface area contributed by atoms with Gasteiger partial charge in [-0.05, 0) is 57.0 Å². The van der Waals surface area contributed by atoms with E-state index in [0.29, 0.717) is 6.04 Å². The summed E-state index contributed by atoms with van der Waals surface area (Å²) >= 11 is 0. The zero-order chi connectivity index (χ0) is 13.4. The number of anilines is 1. The van der Waals surface area contributed by atoms with Gasteiger partial charge in [0.05, 0.1) is 0 Å². The molecular weight excluding hydrogens is 236 g/mol. The molecule has 0 N–H and O–H groups in total. The molecule has 102 valence electrons. The van der Waals surface area contributed by atoms with E-state index >= 15 is 0 Å². The highest BCUT2D eigenvalue weighted by Crippen LogP contribution is 2.31. The molecule has 0 amide bonds. The Labute approximate surface area is 115 Å². The molecular formula is C16H22N2O. The molecule has 3 rings (SSSR count). The van der Waals surface area contributed by atoms with Crippen molar-refractivity contribution in [3.05, 3.63) is 29.3 Å². The highest BCUT2D eigenvalue weighted by atomic mass is 16.1. The van der Waals surface area contributed by atoms with E-state index in [-0.39, 0.29) is 0 Å². The summed E-state index contributed by atoms with van der Waals surface area (Å²) in [4.78, 5) is 15.9. The molecule has 2 aliphatic heterocycles. The fourth-order valence-electron chi connectivity index (χ4n) is 3.63. The Bertz CT molecular complexity index is 486. The van der Waals surface area contributed by atoms with E-state index in [2.05, 4.69) is 29.8 Å². The standard InChI is InChI=1S/C16H22N2O/c1-12-9-13(11-19)3-6-16(12)18-8-7-14-4-5-15(10-18)17(14)2/h3,6,9,11,14-15H,4-5,7-8,10H2,1-2H3. The molecule has 2 fully saturated rings. The number of nitrogens with zero attached hydrogens (tertiary/aromatic N) is 2. The van der Waals surface area contributed by atoms with Crippen LogP contribution in [0.3, 0.4) is 0 Å². The van der Waals surface area contributed by atoms with Crippen LogP contribution in [0.5, 0.6) is 0 Å². The number of hydrogen-bond acceptors (Lipinski definition) is 3. The number of carbonyl (C=O) groups excluding carboxylic acids is 1. The van der Waals surface area contributed by atoms with Gasteiger partial charge in [0.15, 0.2) is 0 Å². The predicted octanol–water partition coefficient (Wildman–Crippen LogP) is 2.48. The number of hydrogen-bond donors (Lipinski definition) is 0. The lowest BCUT2D eigenvalue weighted by Gasteiger charge is -2.29. The number of likely N-dealkylation sites (N-methyl/N-ethyl adjacent to an activating group) is 1. The minimum absolute atomic E-state index is 0.692. The second-order valence-corrected chi connectivity index (χ2v) is 5.95. The highest BCUT2D eigenvalue weighted by molar-refractivity contribution is 5.77. The van der Waals surface area contributed by atoms with Gasteiger partial charge in [0, 0.05) is 36.4 Å². The van der Waals surface area contributed by atoms with Crippen molar-refractivity contribution in [1.82, 2.24) is 4.90 Å². The average Bonchev–Trinajstić information content (AvgIpc) is 2.64. The maximum Gasteiger partial charge on any atom is 0.150 e. The minimum atomic E-state index is 0.692. The van der Waals surface area contributed by atoms with Crippen LogP contribution in [-0.4, -0.2) is 43.4 Å². The van der Waals surface area contributed by atoms with Gasteiger partial charge in [-0.15, -0.1) is 0 Å². The maximum absolute atomic E-state index is 10.8. The molecule has 2 atom stereocenters. The Morgan fingerprint density at radius 3 is 2.74 bits per heavy atom. The van der Waals surface area contributed by atoms with Crippen LogP contribution in [0.4, 0.5) is 5.69 Å². The molecule has 3 nitrogen and oxygen atoms in total. The zero-order valence-electron chi connectivity index (χ0n) is 11.8. The SMILES string of the molecule is Cc1cc(C=O)ccc1N1CCC2CCC(C1)N2C. The molecule has 3 heteroatoms. The van der Waals surface area contributed by atoms with E-state index in [1.54, 1.807) is 0 Å². The summed E-state index contributed by atoms with van der Waals surface area (Å²) in [5.41, 5.74) is 3.28. The Hall–Kier alpha value is -1.35. The molecule has 0 spiro atoms. The van der Waals surface area contributed by atoms with Crippen LogP contribution in [0.1, 0.15) is 35.2 Å². The summed E-state index contributed by atoms with van der Waals surface area (Å²) in [7, 11) is 2.27. The van der Waals surface area contributed by atoms with Gasteiger partial charge in [0.2, 0.25) is 0 Å². The molecule has 2 bridgehead atoms. The smallest absolute Gasteiger partial charge is 0.150 e. The first-order valence-electron chi connectivity index (χ1n) is 7.22. The lowest BCUT2D eigenvalue weighted by atomic mass is 10.1. The third-order valence-corrected chi connectivity index (χ3v) is 4.85. The van der Waals surface area contributed by atoms with Gasteiger partial charge in [-0.3, -0.25) is 9.69 Å². The molecule has 0 radical (unpaired) electrons. The van der Waals surface area contributed by atoms with E-state index in [1.807, 2.05) is 12.1 Å². The molecule has 0 aromatic heterocycles. The van der Waals surface area contributed by atoms with Crippen molar-refractivity contribution in [3.63, 3.8) is 0 Å². The van der Waals surface area contributed by atoms with E-state index in [0.717, 1.165) is 31.0 Å². The normalized spacial score (nSPS) is 27.4. The van der Waals surface area contributed by atoms with Gasteiger partial charge < -0.3 is 4.90 Å². The van der Waals surface area contributed by atoms with Crippen molar-refractivity contribution in [2.24, 2.45) is 0 Å². The maximum atomic E-state index is 10.8. The Morgan fingerprint density at radius 2 is 2.00 bits per heavy atom. The van der Waals surface area contributed by atoms with Crippen molar-refractivity contribution in [3.8, 4) is 0 Å². The molecule has 0 aliphatic carbocycles. The van der Waals surface area contributed by atoms with Crippen LogP contribution in [0, 0.1) is 6.92 Å². The molecule has 0 saturated carbocycles. The summed E-state index contributed by atoms with van der Waals surface area (Å²) in [6.07, 6.45) is 4.86. The monoisotopic (exact) mass is 258 g/mol. The lowest BCUT2D eigenvalue weighted by molar-refractivity contribution is 0.112. The first kappa shape index (κ1) is 12.7. The van der Waals surface area contributed by atoms with Crippen LogP contribution in [-0.2, 0) is 0 Å². The molecule has 2 saturated heterocycles. The molecule has 2 unspecified atom stereocenters. The summed E-state index contributed by atoms with van der Waals surface area (Å²) < 4.78 is 0. The van der Waals surface area contributed by atoms with Crippen molar-refractivity contribution in [1.29, 1.82) is 0 Å². The number of carbonyl (C=O) groups is 1. The van der Waals surface area contributed by atoms with Crippen molar-refractivity contribution < 1.29 is 4.79 Å². The quantitative estimate of drug-likeness (QED) is 0.761. The van der Waals surface area contributed by atoms with Crippen LogP contribution in [0.25, 0.3) is 0 Å². The van der Waals surface area contributed by atoms with E-state index in [4.69, 9.17) is 0 Å². The predicted molar refractivity (Wildman–Crippen MR) is 78.0 cm³/mol. The number of aryl methyl sites for hydroxylation is 1. The number of benzene rings is 1. The van der Waals surface area contributed by atoms with Gasteiger partial charge in [-0.2, -0.15) is 0 Å². The minimum Gasteiger partial charge on any atom is -0.370 e. The molecule has 2 aliphatic rings. The first-order chi connectivity index (χ1) is 9.19. The number of aldehydes is 1. The third-order valence-electron chi connectivity index (χ3n) is 4.85. The number of fused-ring (bicyclic) bond motifs is 2. The van der Waals surface area contributed by atoms with Crippen LogP contribution < -0.4 is 4.90 Å². The third kappa shape index (κ3) is 2.27. The Morgan fingerprint density at radius 1 is 1.21 bits per heavy atom. The van der Waals surface area contributed by atoms with Gasteiger partial charge in [0.25, 0.3) is 0 Å². The zero-order valence-corrected chi connectivity index (χ0v) is 11.8. The highest BCUT2D eigenvalue weighted by Gasteiger charge is 2.34. The fraction of sp³-hybridized carbons (Fsp3) is 0.562. The van der Waals surface area contributed by atoms with E-state index in [1.165, 1.54) is 30.5 Å². The molecule has 1 aromatic carbocycles. The lowest BCUT2D eigenvalue weighted by Crippen LogP contribution is -2.36. The second-order valence-electron chi connectivity index (χ2n) is 5.95.